The van der Waals surface area contributed by atoms with E-state index in [1.165, 1.54) is 12.8 Å². The number of hydrogen-bond acceptors (Lipinski definition) is 4. The van der Waals surface area contributed by atoms with Crippen molar-refractivity contribution in [2.75, 3.05) is 34.4 Å². The summed E-state index contributed by atoms with van der Waals surface area (Å²) >= 11 is 0. The standard InChI is InChI=1S/C15H24N2O2/c1-17(10-11-4-5-11)15(9-16)12-6-13(18-2)8-14(7-12)19-3/h6-8,11,15H,4-5,9-10,16H2,1-3H3. The largest absolute Gasteiger partial charge is 0.497 e. The van der Waals surface area contributed by atoms with Crippen molar-refractivity contribution in [2.24, 2.45) is 11.7 Å². The first kappa shape index (κ1) is 14.2. The second-order valence-corrected chi connectivity index (χ2v) is 5.28. The van der Waals surface area contributed by atoms with Crippen LogP contribution >= 0.6 is 0 Å². The molecule has 0 heterocycles. The van der Waals surface area contributed by atoms with Gasteiger partial charge in [0.15, 0.2) is 0 Å². The minimum Gasteiger partial charge on any atom is -0.497 e. The van der Waals surface area contributed by atoms with Gasteiger partial charge >= 0.3 is 0 Å². The molecule has 1 aliphatic rings. The fourth-order valence-electron chi connectivity index (χ4n) is 2.43. The smallest absolute Gasteiger partial charge is 0.122 e. The molecule has 4 nitrogen and oxygen atoms in total. The summed E-state index contributed by atoms with van der Waals surface area (Å²) in [6, 6.07) is 6.19. The van der Waals surface area contributed by atoms with Crippen LogP contribution < -0.4 is 15.2 Å². The summed E-state index contributed by atoms with van der Waals surface area (Å²) in [4.78, 5) is 2.34. The van der Waals surface area contributed by atoms with E-state index in [0.29, 0.717) is 6.54 Å². The first-order chi connectivity index (χ1) is 9.17. The summed E-state index contributed by atoms with van der Waals surface area (Å²) in [6.07, 6.45) is 2.70. The van der Waals surface area contributed by atoms with E-state index in [9.17, 15) is 0 Å². The normalized spacial score (nSPS) is 16.5. The summed E-state index contributed by atoms with van der Waals surface area (Å²) in [5.74, 6) is 2.48. The lowest BCUT2D eigenvalue weighted by Crippen LogP contribution is -2.32. The minimum absolute atomic E-state index is 0.213. The van der Waals surface area contributed by atoms with Crippen molar-refractivity contribution >= 4 is 0 Å². The van der Waals surface area contributed by atoms with Crippen molar-refractivity contribution in [1.82, 2.24) is 4.90 Å². The Morgan fingerprint density at radius 2 is 1.79 bits per heavy atom. The van der Waals surface area contributed by atoms with Crippen molar-refractivity contribution in [2.45, 2.75) is 18.9 Å². The van der Waals surface area contributed by atoms with E-state index >= 15 is 0 Å². The Kier molecular flexibility index (Phi) is 4.66. The fraction of sp³-hybridized carbons (Fsp3) is 0.600. The van der Waals surface area contributed by atoms with Crippen LogP contribution in [0.4, 0.5) is 0 Å². The Balaban J connectivity index is 2.19. The van der Waals surface area contributed by atoms with Gasteiger partial charge in [-0.1, -0.05) is 0 Å². The SMILES string of the molecule is COc1cc(OC)cc(C(CN)N(C)CC2CC2)c1. The van der Waals surface area contributed by atoms with Crippen molar-refractivity contribution in [3.05, 3.63) is 23.8 Å². The Labute approximate surface area is 115 Å². The molecule has 1 fully saturated rings. The van der Waals surface area contributed by atoms with Crippen LogP contribution in [-0.4, -0.2) is 39.3 Å². The molecule has 1 aliphatic carbocycles. The zero-order chi connectivity index (χ0) is 13.8. The van der Waals surface area contributed by atoms with Gasteiger partial charge in [-0.2, -0.15) is 0 Å². The molecule has 0 aliphatic heterocycles. The molecule has 0 saturated heterocycles. The summed E-state index contributed by atoms with van der Waals surface area (Å²) in [7, 11) is 5.48. The number of nitrogens with zero attached hydrogens (tertiary/aromatic N) is 1. The Morgan fingerprint density at radius 1 is 1.21 bits per heavy atom. The highest BCUT2D eigenvalue weighted by atomic mass is 16.5. The first-order valence-electron chi connectivity index (χ1n) is 6.81. The lowest BCUT2D eigenvalue weighted by atomic mass is 10.0. The van der Waals surface area contributed by atoms with Gasteiger partial charge in [0.05, 0.1) is 14.2 Å². The van der Waals surface area contributed by atoms with Crippen molar-refractivity contribution in [3.63, 3.8) is 0 Å². The third-order valence-electron chi connectivity index (χ3n) is 3.76. The second kappa shape index (κ2) is 6.26. The average molecular weight is 264 g/mol. The van der Waals surface area contributed by atoms with Crippen LogP contribution in [0.3, 0.4) is 0 Å². The van der Waals surface area contributed by atoms with Crippen LogP contribution in [0.2, 0.25) is 0 Å². The molecule has 1 aromatic carbocycles. The molecule has 1 atom stereocenters. The maximum atomic E-state index is 5.96. The van der Waals surface area contributed by atoms with Gasteiger partial charge in [0.25, 0.3) is 0 Å². The summed E-state index contributed by atoms with van der Waals surface area (Å²) in [6.45, 7) is 1.71. The molecule has 0 radical (unpaired) electrons. The van der Waals surface area contributed by atoms with E-state index < -0.39 is 0 Å². The molecule has 1 unspecified atom stereocenters. The topological polar surface area (TPSA) is 47.7 Å². The summed E-state index contributed by atoms with van der Waals surface area (Å²) in [5, 5.41) is 0. The molecule has 19 heavy (non-hydrogen) atoms. The van der Waals surface area contributed by atoms with E-state index in [1.807, 2.05) is 18.2 Å². The van der Waals surface area contributed by atoms with Crippen LogP contribution in [0.15, 0.2) is 18.2 Å². The van der Waals surface area contributed by atoms with Crippen LogP contribution in [0.5, 0.6) is 11.5 Å². The number of methoxy groups -OCH3 is 2. The van der Waals surface area contributed by atoms with Gasteiger partial charge in [-0.05, 0) is 43.5 Å². The van der Waals surface area contributed by atoms with Gasteiger partial charge in [-0.25, -0.2) is 0 Å². The quantitative estimate of drug-likeness (QED) is 0.819. The monoisotopic (exact) mass is 264 g/mol. The van der Waals surface area contributed by atoms with E-state index in [0.717, 1.165) is 29.5 Å². The molecule has 2 N–H and O–H groups in total. The third-order valence-corrected chi connectivity index (χ3v) is 3.76. The molecular formula is C15H24N2O2. The molecule has 1 aromatic rings. The second-order valence-electron chi connectivity index (χ2n) is 5.28. The number of nitrogens with two attached hydrogens (primary N) is 1. The van der Waals surface area contributed by atoms with Crippen LogP contribution in [0.25, 0.3) is 0 Å². The number of hydrogen-bond donors (Lipinski definition) is 1. The first-order valence-corrected chi connectivity index (χ1v) is 6.81. The molecule has 4 heteroatoms. The number of benzene rings is 1. The highest BCUT2D eigenvalue weighted by Crippen LogP contribution is 2.33. The zero-order valence-electron chi connectivity index (χ0n) is 12.1. The van der Waals surface area contributed by atoms with E-state index in [4.69, 9.17) is 15.2 Å². The lowest BCUT2D eigenvalue weighted by molar-refractivity contribution is 0.239. The zero-order valence-corrected chi connectivity index (χ0v) is 12.1. The summed E-state index contributed by atoms with van der Waals surface area (Å²) < 4.78 is 10.7. The highest BCUT2D eigenvalue weighted by molar-refractivity contribution is 5.40. The predicted octanol–water partition coefficient (Wildman–Crippen LogP) is 2.05. The summed E-state index contributed by atoms with van der Waals surface area (Å²) in [5.41, 5.74) is 7.12. The third kappa shape index (κ3) is 3.61. The van der Waals surface area contributed by atoms with Crippen LogP contribution in [0.1, 0.15) is 24.4 Å². The average Bonchev–Trinajstić information content (AvgIpc) is 3.23. The number of rotatable bonds is 7. The number of likely N-dealkylation sites (N-methyl/N-ethyl adjacent to an activating group) is 1. The van der Waals surface area contributed by atoms with E-state index in [1.54, 1.807) is 14.2 Å². The van der Waals surface area contributed by atoms with Gasteiger partial charge in [0, 0.05) is 25.2 Å². The van der Waals surface area contributed by atoms with Crippen molar-refractivity contribution in [3.8, 4) is 11.5 Å². The molecule has 2 rings (SSSR count). The van der Waals surface area contributed by atoms with Crippen molar-refractivity contribution in [1.29, 1.82) is 0 Å². The van der Waals surface area contributed by atoms with Gasteiger partial charge in [0.1, 0.15) is 11.5 Å². The number of ether oxygens (including phenoxy) is 2. The Bertz CT molecular complexity index is 396. The Hall–Kier alpha value is -1.26. The lowest BCUT2D eigenvalue weighted by Gasteiger charge is -2.28. The predicted molar refractivity (Wildman–Crippen MR) is 76.7 cm³/mol. The van der Waals surface area contributed by atoms with Crippen LogP contribution in [0, 0.1) is 5.92 Å². The van der Waals surface area contributed by atoms with Gasteiger partial charge in [-0.15, -0.1) is 0 Å². The van der Waals surface area contributed by atoms with Gasteiger partial charge < -0.3 is 15.2 Å². The van der Waals surface area contributed by atoms with E-state index in [-0.39, 0.29) is 6.04 Å². The Morgan fingerprint density at radius 3 is 2.21 bits per heavy atom. The van der Waals surface area contributed by atoms with E-state index in [2.05, 4.69) is 11.9 Å². The molecule has 0 aromatic heterocycles. The fourth-order valence-corrected chi connectivity index (χ4v) is 2.43. The van der Waals surface area contributed by atoms with Crippen LogP contribution in [-0.2, 0) is 0 Å². The maximum absolute atomic E-state index is 5.96. The molecule has 106 valence electrons. The van der Waals surface area contributed by atoms with Gasteiger partial charge in [-0.3, -0.25) is 4.90 Å². The molecule has 0 spiro atoms. The molecule has 0 bridgehead atoms. The highest BCUT2D eigenvalue weighted by Gasteiger charge is 2.26. The van der Waals surface area contributed by atoms with Gasteiger partial charge in [0.2, 0.25) is 0 Å². The molecular weight excluding hydrogens is 240 g/mol. The molecule has 1 saturated carbocycles. The minimum atomic E-state index is 0.213. The van der Waals surface area contributed by atoms with Crippen molar-refractivity contribution < 1.29 is 9.47 Å². The molecule has 0 amide bonds. The maximum Gasteiger partial charge on any atom is 0.122 e.